The van der Waals surface area contributed by atoms with E-state index >= 15 is 0 Å². The predicted octanol–water partition coefficient (Wildman–Crippen LogP) is 3.04. The summed E-state index contributed by atoms with van der Waals surface area (Å²) in [6, 6.07) is 6.60. The highest BCUT2D eigenvalue weighted by atomic mass is 32.1. The first-order valence-electron chi connectivity index (χ1n) is 6.08. The zero-order chi connectivity index (χ0) is 11.8. The van der Waals surface area contributed by atoms with Crippen molar-refractivity contribution in [1.82, 2.24) is 5.32 Å². The minimum atomic E-state index is 0.237. The third-order valence-corrected chi connectivity index (χ3v) is 4.87. The van der Waals surface area contributed by atoms with E-state index in [-0.39, 0.29) is 6.10 Å². The van der Waals surface area contributed by atoms with Gasteiger partial charge in [-0.3, -0.25) is 0 Å². The van der Waals surface area contributed by atoms with Crippen molar-refractivity contribution in [1.29, 1.82) is 0 Å². The number of benzene rings is 1. The lowest BCUT2D eigenvalue weighted by molar-refractivity contribution is 0.0472. The minimum Gasteiger partial charge on any atom is -0.371 e. The van der Waals surface area contributed by atoms with Gasteiger partial charge < -0.3 is 10.1 Å². The molecule has 3 heteroatoms. The summed E-state index contributed by atoms with van der Waals surface area (Å²) in [5.74, 6) is 0. The zero-order valence-corrected chi connectivity index (χ0v) is 11.1. The van der Waals surface area contributed by atoms with Crippen molar-refractivity contribution in [2.45, 2.75) is 19.4 Å². The van der Waals surface area contributed by atoms with Crippen LogP contribution in [0.5, 0.6) is 0 Å². The summed E-state index contributed by atoms with van der Waals surface area (Å²) in [4.78, 5) is 1.43. The molecule has 0 fully saturated rings. The van der Waals surface area contributed by atoms with E-state index in [4.69, 9.17) is 4.74 Å². The molecule has 3 rings (SSSR count). The van der Waals surface area contributed by atoms with Crippen LogP contribution in [0.25, 0.3) is 10.1 Å². The molecule has 1 aliphatic heterocycles. The van der Waals surface area contributed by atoms with Gasteiger partial charge in [-0.05, 0) is 36.9 Å². The topological polar surface area (TPSA) is 21.3 Å². The molecule has 2 nitrogen and oxygen atoms in total. The Morgan fingerprint density at radius 3 is 3.18 bits per heavy atom. The second-order valence-corrected chi connectivity index (χ2v) is 5.62. The summed E-state index contributed by atoms with van der Waals surface area (Å²) >= 11 is 1.91. The summed E-state index contributed by atoms with van der Waals surface area (Å²) in [6.07, 6.45) is 1.29. The standard InChI is InChI=1S/C14H17NOS/c1-9-4-3-5-10-11-6-7-16-12(8-15-2)14(11)17-13(9)10/h3-5,12,15H,6-8H2,1-2H3. The summed E-state index contributed by atoms with van der Waals surface area (Å²) < 4.78 is 7.30. The van der Waals surface area contributed by atoms with Crippen LogP contribution in [0, 0.1) is 6.92 Å². The van der Waals surface area contributed by atoms with Gasteiger partial charge in [0.1, 0.15) is 6.10 Å². The fourth-order valence-electron chi connectivity index (χ4n) is 2.56. The normalized spacial score (nSPS) is 19.5. The van der Waals surface area contributed by atoms with Crippen LogP contribution < -0.4 is 5.32 Å². The Hall–Kier alpha value is -0.900. The molecule has 0 aliphatic carbocycles. The molecule has 1 aromatic heterocycles. The number of aryl methyl sites for hydroxylation is 1. The Morgan fingerprint density at radius 1 is 1.47 bits per heavy atom. The highest BCUT2D eigenvalue weighted by Gasteiger charge is 2.24. The van der Waals surface area contributed by atoms with E-state index in [2.05, 4.69) is 30.4 Å². The molecule has 1 N–H and O–H groups in total. The number of fused-ring (bicyclic) bond motifs is 3. The molecule has 0 spiro atoms. The van der Waals surface area contributed by atoms with Crippen LogP contribution >= 0.6 is 11.3 Å². The lowest BCUT2D eigenvalue weighted by Gasteiger charge is -2.22. The van der Waals surface area contributed by atoms with Crippen LogP contribution in [0.3, 0.4) is 0 Å². The van der Waals surface area contributed by atoms with Crippen LogP contribution in [-0.4, -0.2) is 20.2 Å². The van der Waals surface area contributed by atoms with Crippen LogP contribution in [0.1, 0.15) is 22.1 Å². The second-order valence-electron chi connectivity index (χ2n) is 4.56. The van der Waals surface area contributed by atoms with E-state index < -0.39 is 0 Å². The summed E-state index contributed by atoms with van der Waals surface area (Å²) in [7, 11) is 1.98. The van der Waals surface area contributed by atoms with Crippen LogP contribution in [0.15, 0.2) is 18.2 Å². The average Bonchev–Trinajstić information content (AvgIpc) is 2.71. The Kier molecular flexibility index (Phi) is 2.90. The molecule has 1 aromatic carbocycles. The van der Waals surface area contributed by atoms with Crippen LogP contribution in [-0.2, 0) is 11.2 Å². The molecule has 1 aliphatic rings. The molecule has 17 heavy (non-hydrogen) atoms. The lowest BCUT2D eigenvalue weighted by atomic mass is 10.0. The van der Waals surface area contributed by atoms with Gasteiger partial charge in [0.05, 0.1) is 6.61 Å². The fraction of sp³-hybridized carbons (Fsp3) is 0.429. The van der Waals surface area contributed by atoms with Gasteiger partial charge in [0.2, 0.25) is 0 Å². The molecule has 2 heterocycles. The fourth-order valence-corrected chi connectivity index (χ4v) is 3.93. The van der Waals surface area contributed by atoms with Crippen molar-refractivity contribution in [2.75, 3.05) is 20.2 Å². The summed E-state index contributed by atoms with van der Waals surface area (Å²) in [6.45, 7) is 3.94. The first kappa shape index (κ1) is 11.2. The first-order valence-corrected chi connectivity index (χ1v) is 6.90. The number of rotatable bonds is 2. The number of hydrogen-bond acceptors (Lipinski definition) is 3. The Labute approximate surface area is 106 Å². The zero-order valence-electron chi connectivity index (χ0n) is 10.2. The van der Waals surface area contributed by atoms with E-state index in [1.165, 1.54) is 26.1 Å². The quantitative estimate of drug-likeness (QED) is 0.880. The van der Waals surface area contributed by atoms with Gasteiger partial charge in [0.25, 0.3) is 0 Å². The second kappa shape index (κ2) is 4.41. The van der Waals surface area contributed by atoms with E-state index in [1.54, 1.807) is 0 Å². The molecule has 0 amide bonds. The average molecular weight is 247 g/mol. The maximum atomic E-state index is 5.86. The SMILES string of the molecule is CNCC1OCCc2c1sc1c(C)cccc21. The van der Waals surface area contributed by atoms with E-state index in [0.29, 0.717) is 0 Å². The molecule has 1 unspecified atom stereocenters. The van der Waals surface area contributed by atoms with Gasteiger partial charge in [0, 0.05) is 16.1 Å². The van der Waals surface area contributed by atoms with Crippen molar-refractivity contribution < 1.29 is 4.74 Å². The number of nitrogens with one attached hydrogen (secondary N) is 1. The third kappa shape index (κ3) is 1.79. The lowest BCUT2D eigenvalue weighted by Crippen LogP contribution is -2.23. The number of likely N-dealkylation sites (N-methyl/N-ethyl adjacent to an activating group) is 1. The summed E-state index contributed by atoms with van der Waals surface area (Å²) in [5.41, 5.74) is 2.89. The van der Waals surface area contributed by atoms with Gasteiger partial charge >= 0.3 is 0 Å². The maximum Gasteiger partial charge on any atom is 0.104 e. The number of ether oxygens (including phenoxy) is 1. The molecule has 0 saturated heterocycles. The Balaban J connectivity index is 2.18. The van der Waals surface area contributed by atoms with Crippen molar-refractivity contribution in [3.8, 4) is 0 Å². The van der Waals surface area contributed by atoms with Gasteiger partial charge in [-0.2, -0.15) is 0 Å². The largest absolute Gasteiger partial charge is 0.371 e. The predicted molar refractivity (Wildman–Crippen MR) is 72.9 cm³/mol. The van der Waals surface area contributed by atoms with Crippen LogP contribution in [0.2, 0.25) is 0 Å². The third-order valence-electron chi connectivity index (χ3n) is 3.40. The van der Waals surface area contributed by atoms with Crippen LogP contribution in [0.4, 0.5) is 0 Å². The molecule has 90 valence electrons. The highest BCUT2D eigenvalue weighted by Crippen LogP contribution is 2.40. The summed E-state index contributed by atoms with van der Waals surface area (Å²) in [5, 5.41) is 4.66. The van der Waals surface area contributed by atoms with Crippen molar-refractivity contribution in [3.05, 3.63) is 34.2 Å². The Bertz CT molecular complexity index is 546. The first-order chi connectivity index (χ1) is 8.31. The van der Waals surface area contributed by atoms with E-state index in [9.17, 15) is 0 Å². The monoisotopic (exact) mass is 247 g/mol. The van der Waals surface area contributed by atoms with Gasteiger partial charge in [-0.1, -0.05) is 18.2 Å². The van der Waals surface area contributed by atoms with Crippen molar-refractivity contribution in [3.63, 3.8) is 0 Å². The number of hydrogen-bond donors (Lipinski definition) is 1. The molecular formula is C14H17NOS. The highest BCUT2D eigenvalue weighted by molar-refractivity contribution is 7.19. The van der Waals surface area contributed by atoms with Crippen molar-refractivity contribution in [2.24, 2.45) is 0 Å². The molecule has 0 saturated carbocycles. The molecule has 2 aromatic rings. The van der Waals surface area contributed by atoms with E-state index in [1.807, 2.05) is 18.4 Å². The molecule has 0 radical (unpaired) electrons. The number of thiophene rings is 1. The van der Waals surface area contributed by atoms with E-state index in [0.717, 1.165) is 19.6 Å². The minimum absolute atomic E-state index is 0.237. The van der Waals surface area contributed by atoms with Gasteiger partial charge in [-0.15, -0.1) is 11.3 Å². The molecular weight excluding hydrogens is 230 g/mol. The van der Waals surface area contributed by atoms with Gasteiger partial charge in [-0.25, -0.2) is 0 Å². The smallest absolute Gasteiger partial charge is 0.104 e. The van der Waals surface area contributed by atoms with Gasteiger partial charge in [0.15, 0.2) is 0 Å². The maximum absolute atomic E-state index is 5.86. The Morgan fingerprint density at radius 2 is 2.35 bits per heavy atom. The molecule has 1 atom stereocenters. The molecule has 0 bridgehead atoms. The van der Waals surface area contributed by atoms with Crippen molar-refractivity contribution >= 4 is 21.4 Å².